The van der Waals surface area contributed by atoms with Crippen molar-refractivity contribution in [1.82, 2.24) is 20.2 Å². The number of hydrogen-bond acceptors (Lipinski definition) is 4. The Kier molecular flexibility index (Phi) is 2.10. The summed E-state index contributed by atoms with van der Waals surface area (Å²) in [5.41, 5.74) is 0.437. The van der Waals surface area contributed by atoms with Gasteiger partial charge in [-0.3, -0.25) is 0 Å². The van der Waals surface area contributed by atoms with Gasteiger partial charge in [-0.15, -0.1) is 15.0 Å². The molecule has 0 saturated carbocycles. The lowest BCUT2D eigenvalue weighted by Gasteiger charge is -1.96. The topological polar surface area (TPSA) is 63.8 Å². The van der Waals surface area contributed by atoms with E-state index in [2.05, 4.69) is 15.4 Å². The first-order chi connectivity index (χ1) is 6.81. The second-order valence-corrected chi connectivity index (χ2v) is 2.62. The third kappa shape index (κ3) is 1.41. The molecule has 1 heterocycles. The maximum Gasteiger partial charge on any atom is 0.208 e. The number of tetrazole rings is 1. The van der Waals surface area contributed by atoms with E-state index in [-0.39, 0.29) is 11.6 Å². The summed E-state index contributed by atoms with van der Waals surface area (Å²) in [5, 5.41) is 20.2. The predicted molar refractivity (Wildman–Crippen MR) is 46.0 cm³/mol. The SMILES string of the molecule is Oc1ccccc1-c1nnn(CF)n1. The van der Waals surface area contributed by atoms with Crippen LogP contribution in [0.5, 0.6) is 5.75 Å². The molecule has 0 radical (unpaired) electrons. The van der Waals surface area contributed by atoms with E-state index in [0.717, 1.165) is 4.80 Å². The van der Waals surface area contributed by atoms with Crippen molar-refractivity contribution in [3.05, 3.63) is 24.3 Å². The van der Waals surface area contributed by atoms with Crippen molar-refractivity contribution in [2.24, 2.45) is 0 Å². The van der Waals surface area contributed by atoms with Crippen LogP contribution < -0.4 is 0 Å². The first-order valence-electron chi connectivity index (χ1n) is 3.93. The molecule has 6 heteroatoms. The molecule has 0 aliphatic rings. The molecule has 1 aromatic heterocycles. The summed E-state index contributed by atoms with van der Waals surface area (Å²) in [5.74, 6) is 0.256. The maximum atomic E-state index is 12.1. The van der Waals surface area contributed by atoms with Crippen LogP contribution in [-0.4, -0.2) is 25.3 Å². The fourth-order valence-corrected chi connectivity index (χ4v) is 1.06. The largest absolute Gasteiger partial charge is 0.507 e. The van der Waals surface area contributed by atoms with E-state index in [1.807, 2.05) is 0 Å². The number of alkyl halides is 1. The molecular formula is C8H7FN4O. The van der Waals surface area contributed by atoms with Gasteiger partial charge in [-0.1, -0.05) is 12.1 Å². The van der Waals surface area contributed by atoms with E-state index in [4.69, 9.17) is 0 Å². The van der Waals surface area contributed by atoms with E-state index >= 15 is 0 Å². The molecule has 0 fully saturated rings. The molecule has 0 aliphatic heterocycles. The molecule has 0 atom stereocenters. The lowest BCUT2D eigenvalue weighted by Crippen LogP contribution is -1.97. The zero-order chi connectivity index (χ0) is 9.97. The Bertz CT molecular complexity index is 442. The highest BCUT2D eigenvalue weighted by molar-refractivity contribution is 5.62. The van der Waals surface area contributed by atoms with Crippen LogP contribution in [-0.2, 0) is 6.80 Å². The van der Waals surface area contributed by atoms with Crippen LogP contribution in [0.1, 0.15) is 0 Å². The van der Waals surface area contributed by atoms with Crippen LogP contribution in [0.15, 0.2) is 24.3 Å². The first-order valence-corrected chi connectivity index (χ1v) is 3.93. The summed E-state index contributed by atoms with van der Waals surface area (Å²) in [6.45, 7) is -0.833. The van der Waals surface area contributed by atoms with Crippen molar-refractivity contribution < 1.29 is 9.50 Å². The summed E-state index contributed by atoms with van der Waals surface area (Å²) in [7, 11) is 0. The third-order valence-corrected chi connectivity index (χ3v) is 1.70. The van der Waals surface area contributed by atoms with E-state index in [1.165, 1.54) is 6.07 Å². The van der Waals surface area contributed by atoms with Crippen molar-refractivity contribution >= 4 is 0 Å². The normalized spacial score (nSPS) is 10.4. The molecule has 5 nitrogen and oxygen atoms in total. The van der Waals surface area contributed by atoms with Gasteiger partial charge in [0.05, 0.1) is 5.56 Å². The number of phenolic OH excluding ortho intramolecular Hbond substituents is 1. The smallest absolute Gasteiger partial charge is 0.208 e. The Labute approximate surface area is 78.8 Å². The average molecular weight is 194 g/mol. The summed E-state index contributed by atoms with van der Waals surface area (Å²) in [4.78, 5) is 0.807. The minimum atomic E-state index is -0.833. The quantitative estimate of drug-likeness (QED) is 0.773. The van der Waals surface area contributed by atoms with E-state index in [1.54, 1.807) is 18.2 Å². The maximum absolute atomic E-state index is 12.1. The highest BCUT2D eigenvalue weighted by atomic mass is 19.1. The lowest BCUT2D eigenvalue weighted by atomic mass is 10.2. The monoisotopic (exact) mass is 194 g/mol. The Balaban J connectivity index is 2.44. The highest BCUT2D eigenvalue weighted by Gasteiger charge is 2.08. The van der Waals surface area contributed by atoms with Gasteiger partial charge in [-0.2, -0.15) is 0 Å². The molecule has 1 N–H and O–H groups in total. The van der Waals surface area contributed by atoms with Crippen LogP contribution in [0.2, 0.25) is 0 Å². The zero-order valence-electron chi connectivity index (χ0n) is 7.13. The number of halogens is 1. The van der Waals surface area contributed by atoms with Crippen molar-refractivity contribution in [3.63, 3.8) is 0 Å². The summed E-state index contributed by atoms with van der Waals surface area (Å²) in [6.07, 6.45) is 0. The minimum absolute atomic E-state index is 0.0471. The van der Waals surface area contributed by atoms with Crippen molar-refractivity contribution in [2.45, 2.75) is 6.80 Å². The number of aromatic nitrogens is 4. The van der Waals surface area contributed by atoms with Gasteiger partial charge in [-0.25, -0.2) is 4.39 Å². The molecule has 0 unspecified atom stereocenters. The lowest BCUT2D eigenvalue weighted by molar-refractivity contribution is 0.314. The van der Waals surface area contributed by atoms with E-state index < -0.39 is 6.80 Å². The number of rotatable bonds is 2. The van der Waals surface area contributed by atoms with Gasteiger partial charge in [0.2, 0.25) is 12.6 Å². The first kappa shape index (κ1) is 8.61. The van der Waals surface area contributed by atoms with Gasteiger partial charge in [-0.05, 0) is 17.3 Å². The highest BCUT2D eigenvalue weighted by Crippen LogP contribution is 2.24. The standard InChI is InChI=1S/C8H7FN4O/c9-5-13-11-8(10-12-13)6-3-1-2-4-7(6)14/h1-4,14H,5H2. The van der Waals surface area contributed by atoms with Crippen LogP contribution in [0.4, 0.5) is 4.39 Å². The predicted octanol–water partition coefficient (Wildman–Crippen LogP) is 0.973. The van der Waals surface area contributed by atoms with Crippen LogP contribution >= 0.6 is 0 Å². The van der Waals surface area contributed by atoms with Gasteiger partial charge in [0.15, 0.2) is 0 Å². The Morgan fingerprint density at radius 1 is 1.36 bits per heavy atom. The Morgan fingerprint density at radius 2 is 2.14 bits per heavy atom. The van der Waals surface area contributed by atoms with E-state index in [9.17, 15) is 9.50 Å². The fourth-order valence-electron chi connectivity index (χ4n) is 1.06. The van der Waals surface area contributed by atoms with Gasteiger partial charge >= 0.3 is 0 Å². The second kappa shape index (κ2) is 3.41. The third-order valence-electron chi connectivity index (χ3n) is 1.70. The van der Waals surface area contributed by atoms with Crippen molar-refractivity contribution in [1.29, 1.82) is 0 Å². The molecule has 14 heavy (non-hydrogen) atoms. The molecule has 0 saturated heterocycles. The molecule has 0 spiro atoms. The molecule has 2 rings (SSSR count). The second-order valence-electron chi connectivity index (χ2n) is 2.62. The van der Waals surface area contributed by atoms with E-state index in [0.29, 0.717) is 5.56 Å². The summed E-state index contributed by atoms with van der Waals surface area (Å²) in [6, 6.07) is 6.55. The molecular weight excluding hydrogens is 187 g/mol. The number of aromatic hydroxyl groups is 1. The van der Waals surface area contributed by atoms with Gasteiger partial charge in [0, 0.05) is 0 Å². The molecule has 0 bridgehead atoms. The minimum Gasteiger partial charge on any atom is -0.507 e. The van der Waals surface area contributed by atoms with Crippen molar-refractivity contribution in [3.8, 4) is 17.1 Å². The Hall–Kier alpha value is -1.98. The van der Waals surface area contributed by atoms with Gasteiger partial charge in [0.1, 0.15) is 5.75 Å². The van der Waals surface area contributed by atoms with Gasteiger partial charge in [0.25, 0.3) is 0 Å². The average Bonchev–Trinajstić information content (AvgIpc) is 2.67. The number of benzene rings is 1. The zero-order valence-corrected chi connectivity index (χ0v) is 7.13. The molecule has 0 aliphatic carbocycles. The number of nitrogens with zero attached hydrogens (tertiary/aromatic N) is 4. The Morgan fingerprint density at radius 3 is 2.79 bits per heavy atom. The molecule has 1 aromatic carbocycles. The van der Waals surface area contributed by atoms with Crippen molar-refractivity contribution in [2.75, 3.05) is 0 Å². The summed E-state index contributed by atoms with van der Waals surface area (Å²) >= 11 is 0. The van der Waals surface area contributed by atoms with Crippen LogP contribution in [0.25, 0.3) is 11.4 Å². The fraction of sp³-hybridized carbons (Fsp3) is 0.125. The van der Waals surface area contributed by atoms with Crippen LogP contribution in [0.3, 0.4) is 0 Å². The molecule has 2 aromatic rings. The van der Waals surface area contributed by atoms with Gasteiger partial charge < -0.3 is 5.11 Å². The number of phenols is 1. The number of para-hydroxylation sites is 1. The summed E-state index contributed by atoms with van der Waals surface area (Å²) < 4.78 is 12.1. The van der Waals surface area contributed by atoms with Crippen LogP contribution in [0, 0.1) is 0 Å². The molecule has 0 amide bonds. The molecule has 72 valence electrons. The number of hydrogen-bond donors (Lipinski definition) is 1.